The average molecular weight is 305 g/mol. The molecule has 1 aromatic rings. The van der Waals surface area contributed by atoms with Crippen molar-refractivity contribution in [2.45, 2.75) is 13.0 Å². The van der Waals surface area contributed by atoms with Gasteiger partial charge in [-0.1, -0.05) is 0 Å². The molecule has 0 aliphatic rings. The van der Waals surface area contributed by atoms with Gasteiger partial charge in [-0.25, -0.2) is 0 Å². The summed E-state index contributed by atoms with van der Waals surface area (Å²) in [6, 6.07) is 3.02. The molecule has 3 N–H and O–H groups in total. The predicted molar refractivity (Wildman–Crippen MR) is 67.1 cm³/mol. The number of aliphatic hydroxyl groups is 2. The van der Waals surface area contributed by atoms with Gasteiger partial charge in [-0.15, -0.1) is 0 Å². The number of anilines is 1. The van der Waals surface area contributed by atoms with E-state index in [0.717, 1.165) is 5.56 Å². The molecule has 1 rings (SSSR count). The van der Waals surface area contributed by atoms with Crippen LogP contribution in [0.4, 0.5) is 11.4 Å². The van der Waals surface area contributed by atoms with Gasteiger partial charge in [0.2, 0.25) is 0 Å². The Balaban J connectivity index is 2.92. The second-order valence-corrected chi connectivity index (χ2v) is 4.45. The molecule has 0 aromatic heterocycles. The van der Waals surface area contributed by atoms with E-state index in [1.807, 2.05) is 0 Å². The number of nitrogens with one attached hydrogen (secondary N) is 1. The number of benzene rings is 1. The molecule has 6 nitrogen and oxygen atoms in total. The molecule has 0 saturated carbocycles. The van der Waals surface area contributed by atoms with Crippen molar-refractivity contribution in [2.75, 3.05) is 18.5 Å². The van der Waals surface area contributed by atoms with Gasteiger partial charge in [-0.3, -0.25) is 10.1 Å². The van der Waals surface area contributed by atoms with Crippen LogP contribution in [0.3, 0.4) is 0 Å². The topological polar surface area (TPSA) is 95.6 Å². The fraction of sp³-hybridized carbons (Fsp3) is 0.400. The molecular formula is C10H13BrN2O4. The van der Waals surface area contributed by atoms with Crippen molar-refractivity contribution in [3.63, 3.8) is 0 Å². The maximum absolute atomic E-state index is 10.7. The number of rotatable bonds is 5. The van der Waals surface area contributed by atoms with Gasteiger partial charge in [-0.05, 0) is 34.5 Å². The standard InChI is InChI=1S/C10H13BrN2O4/c1-6-2-8(11)10(13(16)17)3-9(6)12-4-7(15)5-14/h2-3,7,12,14-15H,4-5H2,1H3. The zero-order valence-electron chi connectivity index (χ0n) is 9.18. The van der Waals surface area contributed by atoms with E-state index < -0.39 is 11.0 Å². The largest absolute Gasteiger partial charge is 0.394 e. The van der Waals surface area contributed by atoms with Gasteiger partial charge in [0.25, 0.3) is 5.69 Å². The SMILES string of the molecule is Cc1cc(Br)c([N+](=O)[O-])cc1NCC(O)CO. The van der Waals surface area contributed by atoms with E-state index in [9.17, 15) is 15.2 Å². The lowest BCUT2D eigenvalue weighted by atomic mass is 10.1. The van der Waals surface area contributed by atoms with Crippen molar-refractivity contribution in [3.8, 4) is 0 Å². The monoisotopic (exact) mass is 304 g/mol. The van der Waals surface area contributed by atoms with Crippen LogP contribution >= 0.6 is 15.9 Å². The summed E-state index contributed by atoms with van der Waals surface area (Å²) in [5, 5.41) is 31.4. The molecule has 1 atom stereocenters. The minimum absolute atomic E-state index is 0.0448. The Kier molecular flexibility index (Phi) is 4.86. The highest BCUT2D eigenvalue weighted by Gasteiger charge is 2.15. The normalized spacial score (nSPS) is 12.2. The van der Waals surface area contributed by atoms with Crippen LogP contribution in [0.2, 0.25) is 0 Å². The van der Waals surface area contributed by atoms with Crippen molar-refractivity contribution in [3.05, 3.63) is 32.3 Å². The molecule has 0 spiro atoms. The quantitative estimate of drug-likeness (QED) is 0.565. The van der Waals surface area contributed by atoms with Crippen molar-refractivity contribution in [1.29, 1.82) is 0 Å². The number of aliphatic hydroxyl groups excluding tert-OH is 2. The maximum Gasteiger partial charge on any atom is 0.285 e. The van der Waals surface area contributed by atoms with Gasteiger partial charge in [-0.2, -0.15) is 0 Å². The molecule has 0 saturated heterocycles. The van der Waals surface area contributed by atoms with E-state index in [2.05, 4.69) is 21.2 Å². The average Bonchev–Trinajstić information content (AvgIpc) is 2.26. The van der Waals surface area contributed by atoms with Crippen molar-refractivity contribution in [1.82, 2.24) is 0 Å². The van der Waals surface area contributed by atoms with Crippen LogP contribution in [0.25, 0.3) is 0 Å². The molecule has 1 aromatic carbocycles. The van der Waals surface area contributed by atoms with Gasteiger partial charge in [0.15, 0.2) is 0 Å². The lowest BCUT2D eigenvalue weighted by Crippen LogP contribution is -2.23. The molecule has 94 valence electrons. The fourth-order valence-electron chi connectivity index (χ4n) is 1.28. The molecule has 0 heterocycles. The minimum atomic E-state index is -0.892. The summed E-state index contributed by atoms with van der Waals surface area (Å²) in [5.41, 5.74) is 1.33. The van der Waals surface area contributed by atoms with E-state index in [4.69, 9.17) is 5.11 Å². The second-order valence-electron chi connectivity index (χ2n) is 3.59. The number of aryl methyl sites for hydroxylation is 1. The Morgan fingerprint density at radius 1 is 1.59 bits per heavy atom. The third-order valence-electron chi connectivity index (χ3n) is 2.23. The van der Waals surface area contributed by atoms with Crippen molar-refractivity contribution < 1.29 is 15.1 Å². The van der Waals surface area contributed by atoms with Crippen LogP contribution in [0, 0.1) is 17.0 Å². The molecular weight excluding hydrogens is 292 g/mol. The molecule has 7 heteroatoms. The highest BCUT2D eigenvalue weighted by Crippen LogP contribution is 2.30. The highest BCUT2D eigenvalue weighted by atomic mass is 79.9. The van der Waals surface area contributed by atoms with Crippen LogP contribution < -0.4 is 5.32 Å². The molecule has 0 fully saturated rings. The first-order chi connectivity index (χ1) is 7.95. The summed E-state index contributed by atoms with van der Waals surface area (Å²) < 4.78 is 0.410. The van der Waals surface area contributed by atoms with Crippen molar-refractivity contribution >= 4 is 27.3 Å². The zero-order chi connectivity index (χ0) is 13.0. The van der Waals surface area contributed by atoms with Gasteiger partial charge < -0.3 is 15.5 Å². The molecule has 1 unspecified atom stereocenters. The van der Waals surface area contributed by atoms with Gasteiger partial charge in [0.1, 0.15) is 0 Å². The number of hydrogen-bond acceptors (Lipinski definition) is 5. The first-order valence-corrected chi connectivity index (χ1v) is 5.72. The number of nitrogens with zero attached hydrogens (tertiary/aromatic N) is 1. The lowest BCUT2D eigenvalue weighted by molar-refractivity contribution is -0.385. The Morgan fingerprint density at radius 3 is 2.76 bits per heavy atom. The summed E-state index contributed by atoms with van der Waals surface area (Å²) in [6.07, 6.45) is -0.892. The third kappa shape index (κ3) is 3.65. The first-order valence-electron chi connectivity index (χ1n) is 4.93. The smallest absolute Gasteiger partial charge is 0.285 e. The number of nitro groups is 1. The zero-order valence-corrected chi connectivity index (χ0v) is 10.8. The van der Waals surface area contributed by atoms with Crippen LogP contribution in [-0.4, -0.2) is 34.4 Å². The molecule has 0 aliphatic heterocycles. The summed E-state index contributed by atoms with van der Waals surface area (Å²) in [5.74, 6) is 0. The second kappa shape index (κ2) is 5.95. The van der Waals surface area contributed by atoms with Crippen LogP contribution in [0.5, 0.6) is 0 Å². The van der Waals surface area contributed by atoms with Gasteiger partial charge >= 0.3 is 0 Å². The van der Waals surface area contributed by atoms with E-state index >= 15 is 0 Å². The Labute approximate surface area is 107 Å². The number of nitro benzene ring substituents is 1. The highest BCUT2D eigenvalue weighted by molar-refractivity contribution is 9.10. The minimum Gasteiger partial charge on any atom is -0.394 e. The summed E-state index contributed by atoms with van der Waals surface area (Å²) in [6.45, 7) is 1.57. The Hall–Kier alpha value is -1.18. The van der Waals surface area contributed by atoms with Crippen LogP contribution in [0.1, 0.15) is 5.56 Å². The first kappa shape index (κ1) is 13.9. The summed E-state index contributed by atoms with van der Waals surface area (Å²) >= 11 is 3.12. The van der Waals surface area contributed by atoms with Gasteiger partial charge in [0.05, 0.1) is 22.1 Å². The summed E-state index contributed by atoms with van der Waals surface area (Å²) in [4.78, 5) is 10.2. The third-order valence-corrected chi connectivity index (χ3v) is 2.86. The van der Waals surface area contributed by atoms with E-state index in [1.165, 1.54) is 6.07 Å². The number of hydrogen-bond donors (Lipinski definition) is 3. The van der Waals surface area contributed by atoms with E-state index in [-0.39, 0.29) is 18.8 Å². The van der Waals surface area contributed by atoms with Crippen LogP contribution in [0.15, 0.2) is 16.6 Å². The maximum atomic E-state index is 10.7. The predicted octanol–water partition coefficient (Wildman–Crippen LogP) is 1.43. The lowest BCUT2D eigenvalue weighted by Gasteiger charge is -2.12. The van der Waals surface area contributed by atoms with E-state index in [1.54, 1.807) is 13.0 Å². The summed E-state index contributed by atoms with van der Waals surface area (Å²) in [7, 11) is 0. The Bertz CT molecular complexity index is 425. The van der Waals surface area contributed by atoms with Crippen LogP contribution in [-0.2, 0) is 0 Å². The van der Waals surface area contributed by atoms with E-state index in [0.29, 0.717) is 10.2 Å². The Morgan fingerprint density at radius 2 is 2.24 bits per heavy atom. The van der Waals surface area contributed by atoms with Gasteiger partial charge in [0, 0.05) is 18.3 Å². The molecule has 0 aliphatic carbocycles. The molecule has 0 amide bonds. The van der Waals surface area contributed by atoms with Crippen molar-refractivity contribution in [2.24, 2.45) is 0 Å². The molecule has 17 heavy (non-hydrogen) atoms. The molecule has 0 bridgehead atoms. The molecule has 0 radical (unpaired) electrons. The number of halogens is 1. The fourth-order valence-corrected chi connectivity index (χ4v) is 1.89.